The quantitative estimate of drug-likeness (QED) is 0.0401. The Morgan fingerprint density at radius 3 is 1.93 bits per heavy atom. The molecule has 0 spiro atoms. The maximum atomic E-state index is 6.48. The number of hydrogen-bond donors (Lipinski definition) is 4. The summed E-state index contributed by atoms with van der Waals surface area (Å²) in [5.74, 6) is 0. The molecule has 8 heteroatoms. The van der Waals surface area contributed by atoms with Crippen LogP contribution in [0.25, 0.3) is 27.8 Å². The number of anilines is 5. The molecule has 6 N–H and O–H groups in total. The minimum Gasteiger partial charge on any atom is -0.398 e. The number of rotatable bonds is 13. The van der Waals surface area contributed by atoms with Crippen LogP contribution in [-0.2, 0) is 0 Å². The lowest BCUT2D eigenvalue weighted by atomic mass is 9.93. The molecule has 6 aromatic rings. The Balaban J connectivity index is 0.864. The molecular formula is C52H61N8+. The van der Waals surface area contributed by atoms with Gasteiger partial charge in [0.05, 0.1) is 23.1 Å². The fourth-order valence-corrected chi connectivity index (χ4v) is 8.97. The number of unbranched alkanes of at least 4 members (excludes halogenated alkanes) is 5. The molecule has 8 nitrogen and oxygen atoms in total. The molecule has 0 saturated heterocycles. The summed E-state index contributed by atoms with van der Waals surface area (Å²) in [4.78, 5) is 12.7. The van der Waals surface area contributed by atoms with E-state index in [2.05, 4.69) is 154 Å². The second-order valence-electron chi connectivity index (χ2n) is 17.3. The van der Waals surface area contributed by atoms with Gasteiger partial charge in [-0.15, -0.1) is 4.57 Å². The summed E-state index contributed by atoms with van der Waals surface area (Å²) in [6, 6.07) is 26.2. The van der Waals surface area contributed by atoms with Crippen molar-refractivity contribution in [3.05, 3.63) is 135 Å². The second-order valence-corrected chi connectivity index (χ2v) is 17.3. The Bertz CT molecular complexity index is 2740. The minimum absolute atomic E-state index is 0.0161. The van der Waals surface area contributed by atoms with E-state index in [1.165, 1.54) is 70.5 Å². The topological polar surface area (TPSA) is 108 Å². The van der Waals surface area contributed by atoms with Gasteiger partial charge in [0.15, 0.2) is 0 Å². The number of hydrogen-bond acceptors (Lipinski definition) is 7. The van der Waals surface area contributed by atoms with E-state index in [1.54, 1.807) is 0 Å². The lowest BCUT2D eigenvalue weighted by Gasteiger charge is -2.39. The molecule has 5 aromatic carbocycles. The number of nitrogens with zero attached hydrogens (tertiary/aromatic N) is 4. The molecule has 8 rings (SSSR count). The van der Waals surface area contributed by atoms with Gasteiger partial charge >= 0.3 is 0 Å². The van der Waals surface area contributed by atoms with E-state index in [1.807, 2.05) is 6.92 Å². The highest BCUT2D eigenvalue weighted by Gasteiger charge is 2.33. The first-order chi connectivity index (χ1) is 28.9. The molecule has 1 unspecified atom stereocenters. The van der Waals surface area contributed by atoms with Crippen LogP contribution in [0.2, 0.25) is 0 Å². The van der Waals surface area contributed by atoms with Gasteiger partial charge in [0, 0.05) is 65.3 Å². The first kappa shape index (κ1) is 40.6. The van der Waals surface area contributed by atoms with Gasteiger partial charge in [-0.05, 0) is 145 Å². The predicted molar refractivity (Wildman–Crippen MR) is 255 cm³/mol. The Hall–Kier alpha value is -6.15. The van der Waals surface area contributed by atoms with Crippen molar-refractivity contribution in [1.82, 2.24) is 10.3 Å². The largest absolute Gasteiger partial charge is 0.398 e. The van der Waals surface area contributed by atoms with Gasteiger partial charge in [0.1, 0.15) is 11.0 Å². The highest BCUT2D eigenvalue weighted by Crippen LogP contribution is 2.45. The van der Waals surface area contributed by atoms with E-state index in [0.29, 0.717) is 0 Å². The smallest absolute Gasteiger partial charge is 0.239 e. The molecule has 1 aromatic heterocycles. The molecule has 0 radical (unpaired) electrons. The molecule has 0 fully saturated rings. The van der Waals surface area contributed by atoms with Gasteiger partial charge in [-0.2, -0.15) is 0 Å². The fourth-order valence-electron chi connectivity index (χ4n) is 8.97. The number of aliphatic imine (C=N–C) groups is 1. The minimum atomic E-state index is -0.0161. The van der Waals surface area contributed by atoms with Crippen LogP contribution in [0.15, 0.2) is 101 Å². The van der Waals surface area contributed by atoms with Crippen LogP contribution in [0.4, 0.5) is 34.1 Å². The van der Waals surface area contributed by atoms with Crippen molar-refractivity contribution in [2.24, 2.45) is 4.99 Å². The first-order valence-corrected chi connectivity index (χ1v) is 21.7. The highest BCUT2D eigenvalue weighted by atomic mass is 15.2. The Kier molecular flexibility index (Phi) is 11.4. The second kappa shape index (κ2) is 16.8. The lowest BCUT2D eigenvalue weighted by molar-refractivity contribution is -0.538. The average Bonchev–Trinajstić information content (AvgIpc) is 3.19. The van der Waals surface area contributed by atoms with E-state index < -0.39 is 0 Å². The monoisotopic (exact) mass is 798 g/mol. The zero-order valence-corrected chi connectivity index (χ0v) is 36.8. The third-order valence-corrected chi connectivity index (χ3v) is 12.4. The zero-order chi connectivity index (χ0) is 42.2. The van der Waals surface area contributed by atoms with E-state index in [0.717, 1.165) is 99.0 Å². The van der Waals surface area contributed by atoms with Crippen LogP contribution < -0.4 is 31.6 Å². The maximum absolute atomic E-state index is 6.48. The summed E-state index contributed by atoms with van der Waals surface area (Å²) < 4.78 is 2.34. The molecule has 1 aliphatic carbocycles. The first-order valence-electron chi connectivity index (χ1n) is 21.7. The van der Waals surface area contributed by atoms with Crippen LogP contribution in [0, 0.1) is 48.5 Å². The van der Waals surface area contributed by atoms with Gasteiger partial charge in [-0.3, -0.25) is 0 Å². The van der Waals surface area contributed by atoms with Crippen molar-refractivity contribution >= 4 is 61.9 Å². The molecule has 1 aliphatic heterocycles. The van der Waals surface area contributed by atoms with Crippen molar-refractivity contribution < 1.29 is 4.57 Å². The Labute approximate surface area is 356 Å². The summed E-state index contributed by atoms with van der Waals surface area (Å²) in [5.41, 5.74) is 35.8. The van der Waals surface area contributed by atoms with Crippen molar-refractivity contribution in [1.29, 1.82) is 0 Å². The number of aryl methyl sites for hydroxylation is 7. The van der Waals surface area contributed by atoms with E-state index in [-0.39, 0.29) is 6.04 Å². The molecule has 1 atom stereocenters. The average molecular weight is 798 g/mol. The molecular weight excluding hydrogens is 737 g/mol. The summed E-state index contributed by atoms with van der Waals surface area (Å²) in [6.45, 7) is 19.0. The molecule has 2 heterocycles. The molecule has 308 valence electrons. The maximum Gasteiger partial charge on any atom is 0.239 e. The SMILES string of the molecule is CC1=CC2=Nc3cc(C)c(N)cc3N(c3ccc(C)cc3C)C2C=C1NCCCCCCCCNc1cc2c(cc1C)nc1cc(C)c(N)cc1[n+]2-c1ccc(C)cc1C. The molecule has 2 aliphatic rings. The number of nitrogen functional groups attached to an aromatic ring is 2. The number of aromatic nitrogens is 2. The fraction of sp³-hybridized carbons (Fsp3) is 0.327. The highest BCUT2D eigenvalue weighted by molar-refractivity contribution is 6.11. The lowest BCUT2D eigenvalue weighted by Crippen LogP contribution is -2.41. The van der Waals surface area contributed by atoms with Gasteiger partial charge in [0.2, 0.25) is 16.7 Å². The van der Waals surface area contributed by atoms with Gasteiger partial charge in [0.25, 0.3) is 0 Å². The Morgan fingerprint density at radius 2 is 1.22 bits per heavy atom. The van der Waals surface area contributed by atoms with E-state index in [4.69, 9.17) is 21.4 Å². The normalized spacial score (nSPS) is 14.8. The number of nitrogens with two attached hydrogens (primary N) is 2. The van der Waals surface area contributed by atoms with Gasteiger partial charge < -0.3 is 27.0 Å². The van der Waals surface area contributed by atoms with E-state index >= 15 is 0 Å². The van der Waals surface area contributed by atoms with Crippen molar-refractivity contribution in [3.63, 3.8) is 0 Å². The zero-order valence-electron chi connectivity index (χ0n) is 36.8. The summed E-state index contributed by atoms with van der Waals surface area (Å²) in [6.07, 6.45) is 11.8. The molecule has 0 saturated carbocycles. The Morgan fingerprint density at radius 1 is 0.600 bits per heavy atom. The van der Waals surface area contributed by atoms with Gasteiger partial charge in [-0.25, -0.2) is 9.98 Å². The number of fused-ring (bicyclic) bond motifs is 4. The van der Waals surface area contributed by atoms with Crippen molar-refractivity contribution in [2.75, 3.05) is 34.8 Å². The summed E-state index contributed by atoms with van der Waals surface area (Å²) in [5, 5.41) is 7.56. The predicted octanol–water partition coefficient (Wildman–Crippen LogP) is 11.5. The summed E-state index contributed by atoms with van der Waals surface area (Å²) >= 11 is 0. The van der Waals surface area contributed by atoms with Crippen LogP contribution in [0.5, 0.6) is 0 Å². The van der Waals surface area contributed by atoms with Crippen LogP contribution >= 0.6 is 0 Å². The number of benzene rings is 5. The van der Waals surface area contributed by atoms with E-state index in [9.17, 15) is 0 Å². The van der Waals surface area contributed by atoms with Crippen molar-refractivity contribution in [3.8, 4) is 5.69 Å². The summed E-state index contributed by atoms with van der Waals surface area (Å²) in [7, 11) is 0. The number of allylic oxidation sites excluding steroid dienone is 1. The molecule has 60 heavy (non-hydrogen) atoms. The molecule has 0 bridgehead atoms. The third kappa shape index (κ3) is 8.08. The third-order valence-electron chi connectivity index (χ3n) is 12.4. The standard InChI is InChI=1S/C52H60N8/c1-31-15-17-47(37(7)21-31)59-49-27-39(53)33(3)23-43(49)57-45-25-35(5)41(29-51(45)59)55-19-13-11-9-10-12-14-20-56-42-30-52-46(26-36(42)6)58-44-24-34(4)40(54)28-50(44)60(52)48-18-16-32(2)22-38(48)8/h15-18,21-30,51,55H,9-14,19-20,53H2,1-8H3,(H2,54,56)/p+1. The van der Waals surface area contributed by atoms with Crippen LogP contribution in [0.1, 0.15) is 84.4 Å². The van der Waals surface area contributed by atoms with Crippen molar-refractivity contribution in [2.45, 2.75) is 100.0 Å². The van der Waals surface area contributed by atoms with Crippen LogP contribution in [0.3, 0.4) is 0 Å². The number of nitrogens with one attached hydrogen (secondary N) is 2. The van der Waals surface area contributed by atoms with Crippen LogP contribution in [-0.4, -0.2) is 29.8 Å². The molecule has 0 amide bonds. The van der Waals surface area contributed by atoms with Gasteiger partial charge in [-0.1, -0.05) is 55.0 Å².